The topological polar surface area (TPSA) is 62.4 Å². The summed E-state index contributed by atoms with van der Waals surface area (Å²) < 4.78 is 12.7. The number of hydrogen-bond donors (Lipinski definition) is 3. The minimum absolute atomic E-state index is 0.243. The molecule has 0 radical (unpaired) electrons. The maximum Gasteiger partial charge on any atom is 0.206 e. The van der Waals surface area contributed by atoms with Gasteiger partial charge in [-0.2, -0.15) is 0 Å². The second-order valence-corrected chi connectivity index (χ2v) is 4.21. The fourth-order valence-corrected chi connectivity index (χ4v) is 1.21. The Bertz CT molecular complexity index is 359. The first-order chi connectivity index (χ1) is 8.11. The van der Waals surface area contributed by atoms with Gasteiger partial charge in [0.15, 0.2) is 0 Å². The number of guanidine groups is 1. The van der Waals surface area contributed by atoms with Crippen LogP contribution in [-0.4, -0.2) is 12.5 Å². The van der Waals surface area contributed by atoms with E-state index < -0.39 is 0 Å². The van der Waals surface area contributed by atoms with Crippen molar-refractivity contribution in [3.8, 4) is 0 Å². The highest BCUT2D eigenvalue weighted by molar-refractivity contribution is 5.79. The molecule has 0 saturated heterocycles. The molecule has 17 heavy (non-hydrogen) atoms. The maximum atomic E-state index is 12.7. The molecule has 0 aliphatic rings. The Kier molecular flexibility index (Phi) is 5.42. The zero-order valence-electron chi connectivity index (χ0n) is 10.2. The smallest absolute Gasteiger partial charge is 0.206 e. The van der Waals surface area contributed by atoms with Gasteiger partial charge in [-0.1, -0.05) is 26.0 Å². The summed E-state index contributed by atoms with van der Waals surface area (Å²) in [5.74, 6) is 6.16. The van der Waals surface area contributed by atoms with Crippen molar-refractivity contribution in [1.82, 2.24) is 10.7 Å². The van der Waals surface area contributed by atoms with Crippen LogP contribution in [0.25, 0.3) is 0 Å². The van der Waals surface area contributed by atoms with Gasteiger partial charge in [0.05, 0.1) is 6.54 Å². The summed E-state index contributed by atoms with van der Waals surface area (Å²) in [4.78, 5) is 4.26. The van der Waals surface area contributed by atoms with Crippen LogP contribution in [0.1, 0.15) is 19.4 Å². The van der Waals surface area contributed by atoms with E-state index in [4.69, 9.17) is 5.84 Å². The number of nitrogens with two attached hydrogens (primary N) is 1. The highest BCUT2D eigenvalue weighted by Crippen LogP contribution is 2.03. The number of hydrogen-bond acceptors (Lipinski definition) is 2. The molecule has 0 saturated carbocycles. The van der Waals surface area contributed by atoms with Crippen molar-refractivity contribution in [2.24, 2.45) is 16.8 Å². The van der Waals surface area contributed by atoms with Gasteiger partial charge in [-0.05, 0) is 23.6 Å². The van der Waals surface area contributed by atoms with Gasteiger partial charge in [-0.25, -0.2) is 15.2 Å². The standard InChI is InChI=1S/C12H19FN4/c1-9(2)7-15-12(17-14)16-8-10-3-5-11(13)6-4-10/h3-6,9H,7-8,14H2,1-2H3,(H2,15,16,17). The molecule has 0 unspecified atom stereocenters. The van der Waals surface area contributed by atoms with E-state index in [0.717, 1.165) is 12.1 Å². The van der Waals surface area contributed by atoms with Gasteiger partial charge >= 0.3 is 0 Å². The molecule has 1 rings (SSSR count). The highest BCUT2D eigenvalue weighted by atomic mass is 19.1. The third-order valence-corrected chi connectivity index (χ3v) is 2.15. The minimum Gasteiger partial charge on any atom is -0.355 e. The van der Waals surface area contributed by atoms with Gasteiger partial charge in [0.25, 0.3) is 0 Å². The first-order valence-electron chi connectivity index (χ1n) is 5.61. The maximum absolute atomic E-state index is 12.7. The first kappa shape index (κ1) is 13.4. The largest absolute Gasteiger partial charge is 0.355 e. The molecular formula is C12H19FN4. The van der Waals surface area contributed by atoms with Gasteiger partial charge in [0, 0.05) is 6.54 Å². The third-order valence-electron chi connectivity index (χ3n) is 2.15. The van der Waals surface area contributed by atoms with Gasteiger partial charge in [0.2, 0.25) is 5.96 Å². The van der Waals surface area contributed by atoms with Crippen molar-refractivity contribution in [3.05, 3.63) is 35.6 Å². The Hall–Kier alpha value is -1.62. The lowest BCUT2D eigenvalue weighted by Gasteiger charge is -2.10. The summed E-state index contributed by atoms with van der Waals surface area (Å²) in [5, 5.41) is 3.09. The molecule has 0 aliphatic carbocycles. The fraction of sp³-hybridized carbons (Fsp3) is 0.417. The van der Waals surface area contributed by atoms with E-state index in [1.165, 1.54) is 12.1 Å². The third kappa shape index (κ3) is 5.31. The normalized spacial score (nSPS) is 11.7. The number of rotatable bonds is 4. The number of nitrogens with one attached hydrogen (secondary N) is 2. The molecule has 0 bridgehead atoms. The van der Waals surface area contributed by atoms with Crippen LogP contribution in [0.2, 0.25) is 0 Å². The monoisotopic (exact) mass is 238 g/mol. The van der Waals surface area contributed by atoms with Crippen LogP contribution < -0.4 is 16.6 Å². The first-order valence-corrected chi connectivity index (χ1v) is 5.61. The van der Waals surface area contributed by atoms with Gasteiger partial charge in [0.1, 0.15) is 5.82 Å². The molecule has 0 aliphatic heterocycles. The average molecular weight is 238 g/mol. The predicted molar refractivity (Wildman–Crippen MR) is 67.7 cm³/mol. The SMILES string of the molecule is CC(C)CNC(=NCc1ccc(F)cc1)NN. The number of nitrogens with zero attached hydrogens (tertiary/aromatic N) is 1. The molecule has 4 N–H and O–H groups in total. The average Bonchev–Trinajstić information content (AvgIpc) is 2.31. The fourth-order valence-electron chi connectivity index (χ4n) is 1.21. The molecule has 5 heteroatoms. The second-order valence-electron chi connectivity index (χ2n) is 4.21. The van der Waals surface area contributed by atoms with E-state index in [-0.39, 0.29) is 5.82 Å². The van der Waals surface area contributed by atoms with E-state index in [2.05, 4.69) is 29.6 Å². The molecule has 1 aromatic rings. The minimum atomic E-state index is -0.243. The number of aliphatic imine (C=N–C) groups is 1. The lowest BCUT2D eigenvalue weighted by Crippen LogP contribution is -2.42. The molecule has 0 amide bonds. The van der Waals surface area contributed by atoms with Crippen molar-refractivity contribution in [2.75, 3.05) is 6.54 Å². The van der Waals surface area contributed by atoms with Crippen molar-refractivity contribution in [3.63, 3.8) is 0 Å². The van der Waals surface area contributed by atoms with Crippen molar-refractivity contribution in [2.45, 2.75) is 20.4 Å². The molecule has 0 atom stereocenters. The van der Waals surface area contributed by atoms with E-state index in [9.17, 15) is 4.39 Å². The molecule has 0 fully saturated rings. The lowest BCUT2D eigenvalue weighted by molar-refractivity contribution is 0.615. The van der Waals surface area contributed by atoms with E-state index in [1.54, 1.807) is 12.1 Å². The molecule has 1 aromatic carbocycles. The molecular weight excluding hydrogens is 219 g/mol. The summed E-state index contributed by atoms with van der Waals surface area (Å²) in [6, 6.07) is 6.24. The molecule has 0 aromatic heterocycles. The van der Waals surface area contributed by atoms with E-state index >= 15 is 0 Å². The van der Waals surface area contributed by atoms with Crippen LogP contribution in [0.4, 0.5) is 4.39 Å². The number of benzene rings is 1. The summed E-state index contributed by atoms with van der Waals surface area (Å²) in [7, 11) is 0. The molecule has 4 nitrogen and oxygen atoms in total. The Morgan fingerprint density at radius 1 is 1.35 bits per heavy atom. The van der Waals surface area contributed by atoms with Crippen LogP contribution in [0.15, 0.2) is 29.3 Å². The highest BCUT2D eigenvalue weighted by Gasteiger charge is 1.98. The summed E-state index contributed by atoms with van der Waals surface area (Å²) in [6.07, 6.45) is 0. The quantitative estimate of drug-likeness (QED) is 0.321. The zero-order valence-corrected chi connectivity index (χ0v) is 10.2. The van der Waals surface area contributed by atoms with Crippen LogP contribution in [0.3, 0.4) is 0 Å². The van der Waals surface area contributed by atoms with Crippen LogP contribution in [0.5, 0.6) is 0 Å². The second kappa shape index (κ2) is 6.85. The Balaban J connectivity index is 2.51. The Morgan fingerprint density at radius 2 is 2.00 bits per heavy atom. The zero-order chi connectivity index (χ0) is 12.7. The van der Waals surface area contributed by atoms with Crippen LogP contribution in [-0.2, 0) is 6.54 Å². The van der Waals surface area contributed by atoms with Gasteiger partial charge < -0.3 is 5.32 Å². The lowest BCUT2D eigenvalue weighted by atomic mass is 10.2. The van der Waals surface area contributed by atoms with Crippen LogP contribution in [0, 0.1) is 11.7 Å². The van der Waals surface area contributed by atoms with Crippen molar-refractivity contribution < 1.29 is 4.39 Å². The summed E-state index contributed by atoms with van der Waals surface area (Å²) in [6.45, 7) is 5.46. The predicted octanol–water partition coefficient (Wildman–Crippen LogP) is 1.39. The summed E-state index contributed by atoms with van der Waals surface area (Å²) in [5.41, 5.74) is 3.44. The van der Waals surface area contributed by atoms with Gasteiger partial charge in [-0.15, -0.1) is 0 Å². The van der Waals surface area contributed by atoms with E-state index in [0.29, 0.717) is 18.4 Å². The van der Waals surface area contributed by atoms with Crippen molar-refractivity contribution >= 4 is 5.96 Å². The summed E-state index contributed by atoms with van der Waals surface area (Å²) >= 11 is 0. The Labute approximate surface area is 101 Å². The number of hydrazine groups is 1. The van der Waals surface area contributed by atoms with Crippen molar-refractivity contribution in [1.29, 1.82) is 0 Å². The van der Waals surface area contributed by atoms with Gasteiger partial charge in [-0.3, -0.25) is 5.43 Å². The van der Waals surface area contributed by atoms with E-state index in [1.807, 2.05) is 0 Å². The molecule has 0 heterocycles. The molecule has 0 spiro atoms. The molecule has 94 valence electrons. The number of halogens is 1. The Morgan fingerprint density at radius 3 is 2.53 bits per heavy atom. The van der Waals surface area contributed by atoms with Crippen LogP contribution >= 0.6 is 0 Å².